The van der Waals surface area contributed by atoms with E-state index >= 15 is 0 Å². The number of benzene rings is 1. The predicted molar refractivity (Wildman–Crippen MR) is 51.7 cm³/mol. The summed E-state index contributed by atoms with van der Waals surface area (Å²) in [5.74, 6) is 0.852. The van der Waals surface area contributed by atoms with Gasteiger partial charge >= 0.3 is 0 Å². The first-order valence-electron chi connectivity index (χ1n) is 4.20. The van der Waals surface area contributed by atoms with Crippen LogP contribution < -0.4 is 10.1 Å². The van der Waals surface area contributed by atoms with Crippen molar-refractivity contribution in [3.8, 4) is 11.8 Å². The fraction of sp³-hybridized carbons (Fsp3) is 0.300. The molecule has 0 fully saturated rings. The fourth-order valence-electron chi connectivity index (χ4n) is 0.977. The van der Waals surface area contributed by atoms with Gasteiger partial charge in [0.1, 0.15) is 12.3 Å². The van der Waals surface area contributed by atoms with Crippen LogP contribution in [-0.2, 0) is 0 Å². The maximum atomic E-state index is 8.33. The van der Waals surface area contributed by atoms with Crippen LogP contribution >= 0.6 is 0 Å². The lowest BCUT2D eigenvalue weighted by Crippen LogP contribution is -1.98. The second kappa shape index (κ2) is 5.04. The highest BCUT2D eigenvalue weighted by molar-refractivity contribution is 5.46. The first kappa shape index (κ1) is 9.40. The maximum Gasteiger partial charge on any atom is 0.119 e. The van der Waals surface area contributed by atoms with E-state index in [1.165, 1.54) is 0 Å². The summed E-state index contributed by atoms with van der Waals surface area (Å²) in [6, 6.07) is 9.55. The Balaban J connectivity index is 2.54. The van der Waals surface area contributed by atoms with E-state index in [1.807, 2.05) is 37.3 Å². The number of hydrogen-bond acceptors (Lipinski definition) is 3. The SMILES string of the molecule is CCOc1ccc(NCC#N)cc1. The molecule has 3 heteroatoms. The van der Waals surface area contributed by atoms with Crippen LogP contribution in [0.15, 0.2) is 24.3 Å². The molecule has 0 aliphatic heterocycles. The Kier molecular flexibility index (Phi) is 3.65. The quantitative estimate of drug-likeness (QED) is 0.714. The first-order chi connectivity index (χ1) is 6.36. The first-order valence-corrected chi connectivity index (χ1v) is 4.20. The second-order valence-corrected chi connectivity index (χ2v) is 2.47. The smallest absolute Gasteiger partial charge is 0.119 e. The van der Waals surface area contributed by atoms with Gasteiger partial charge in [-0.15, -0.1) is 0 Å². The average Bonchev–Trinajstić information content (AvgIpc) is 2.17. The zero-order valence-electron chi connectivity index (χ0n) is 7.58. The number of nitriles is 1. The molecule has 3 nitrogen and oxygen atoms in total. The molecule has 1 rings (SSSR count). The normalized spacial score (nSPS) is 8.92. The lowest BCUT2D eigenvalue weighted by molar-refractivity contribution is 0.340. The molecular weight excluding hydrogens is 164 g/mol. The van der Waals surface area contributed by atoms with Gasteiger partial charge in [-0.2, -0.15) is 5.26 Å². The predicted octanol–water partition coefficient (Wildman–Crippen LogP) is 2.02. The summed E-state index contributed by atoms with van der Waals surface area (Å²) < 4.78 is 5.27. The molecule has 0 amide bonds. The number of ether oxygens (including phenoxy) is 1. The third-order valence-electron chi connectivity index (χ3n) is 1.54. The van der Waals surface area contributed by atoms with Gasteiger partial charge in [-0.05, 0) is 31.2 Å². The molecule has 0 bridgehead atoms. The number of nitrogens with zero attached hydrogens (tertiary/aromatic N) is 1. The van der Waals surface area contributed by atoms with Gasteiger partial charge < -0.3 is 10.1 Å². The fourth-order valence-corrected chi connectivity index (χ4v) is 0.977. The van der Waals surface area contributed by atoms with Gasteiger partial charge in [-0.1, -0.05) is 0 Å². The van der Waals surface area contributed by atoms with Gasteiger partial charge in [0.25, 0.3) is 0 Å². The van der Waals surface area contributed by atoms with Crippen LogP contribution in [0, 0.1) is 11.3 Å². The minimum atomic E-state index is 0.327. The molecule has 1 aromatic carbocycles. The standard InChI is InChI=1S/C10H12N2O/c1-2-13-10-5-3-9(4-6-10)12-8-7-11/h3-6,12H,2,8H2,1H3. The van der Waals surface area contributed by atoms with Crippen molar-refractivity contribution in [2.75, 3.05) is 18.5 Å². The number of nitrogens with one attached hydrogen (secondary N) is 1. The summed E-state index contributed by atoms with van der Waals surface area (Å²) in [7, 11) is 0. The molecule has 0 unspecified atom stereocenters. The highest BCUT2D eigenvalue weighted by Crippen LogP contribution is 2.14. The number of hydrogen-bond donors (Lipinski definition) is 1. The molecule has 0 aromatic heterocycles. The highest BCUT2D eigenvalue weighted by atomic mass is 16.5. The van der Waals surface area contributed by atoms with Crippen LogP contribution in [0.1, 0.15) is 6.92 Å². The molecule has 1 N–H and O–H groups in total. The lowest BCUT2D eigenvalue weighted by atomic mass is 10.3. The zero-order chi connectivity index (χ0) is 9.52. The Hall–Kier alpha value is -1.69. The van der Waals surface area contributed by atoms with Gasteiger partial charge in [0.05, 0.1) is 12.7 Å². The van der Waals surface area contributed by atoms with Crippen LogP contribution in [-0.4, -0.2) is 13.2 Å². The van der Waals surface area contributed by atoms with Gasteiger partial charge in [0.15, 0.2) is 0 Å². The molecule has 0 atom stereocenters. The van der Waals surface area contributed by atoms with Crippen LogP contribution in [0.2, 0.25) is 0 Å². The van der Waals surface area contributed by atoms with E-state index in [2.05, 4.69) is 5.32 Å². The number of rotatable bonds is 4. The monoisotopic (exact) mass is 176 g/mol. The van der Waals surface area contributed by atoms with Crippen molar-refractivity contribution < 1.29 is 4.74 Å². The minimum absolute atomic E-state index is 0.327. The summed E-state index contributed by atoms with van der Waals surface area (Å²) in [4.78, 5) is 0. The van der Waals surface area contributed by atoms with E-state index in [0.29, 0.717) is 13.2 Å². The van der Waals surface area contributed by atoms with E-state index in [1.54, 1.807) is 0 Å². The lowest BCUT2D eigenvalue weighted by Gasteiger charge is -2.04. The van der Waals surface area contributed by atoms with Crippen molar-refractivity contribution in [3.05, 3.63) is 24.3 Å². The van der Waals surface area contributed by atoms with E-state index < -0.39 is 0 Å². The molecule has 0 heterocycles. The van der Waals surface area contributed by atoms with Crippen LogP contribution in [0.3, 0.4) is 0 Å². The maximum absolute atomic E-state index is 8.33. The van der Waals surface area contributed by atoms with Gasteiger partial charge in [-0.3, -0.25) is 0 Å². The van der Waals surface area contributed by atoms with Crippen molar-refractivity contribution in [1.82, 2.24) is 0 Å². The summed E-state index contributed by atoms with van der Waals surface area (Å²) in [6.45, 7) is 2.95. The van der Waals surface area contributed by atoms with Crippen LogP contribution in [0.25, 0.3) is 0 Å². The van der Waals surface area contributed by atoms with E-state index in [0.717, 1.165) is 11.4 Å². The summed E-state index contributed by atoms with van der Waals surface area (Å²) in [5.41, 5.74) is 0.935. The van der Waals surface area contributed by atoms with Gasteiger partial charge in [-0.25, -0.2) is 0 Å². The topological polar surface area (TPSA) is 45.0 Å². The highest BCUT2D eigenvalue weighted by Gasteiger charge is 1.92. The summed E-state index contributed by atoms with van der Waals surface area (Å²) in [6.07, 6.45) is 0. The Morgan fingerprint density at radius 3 is 2.62 bits per heavy atom. The molecule has 0 saturated heterocycles. The van der Waals surface area contributed by atoms with Crippen LogP contribution in [0.4, 0.5) is 5.69 Å². The molecule has 0 radical (unpaired) electrons. The second-order valence-electron chi connectivity index (χ2n) is 2.47. The third kappa shape index (κ3) is 3.04. The molecule has 0 spiro atoms. The molecule has 68 valence electrons. The molecule has 0 saturated carbocycles. The van der Waals surface area contributed by atoms with Crippen LogP contribution in [0.5, 0.6) is 5.75 Å². The zero-order valence-corrected chi connectivity index (χ0v) is 7.58. The van der Waals surface area contributed by atoms with Crippen molar-refractivity contribution in [3.63, 3.8) is 0 Å². The van der Waals surface area contributed by atoms with Gasteiger partial charge in [0.2, 0.25) is 0 Å². The van der Waals surface area contributed by atoms with Crippen molar-refractivity contribution in [1.29, 1.82) is 5.26 Å². The van der Waals surface area contributed by atoms with Crippen molar-refractivity contribution in [2.45, 2.75) is 6.92 Å². The third-order valence-corrected chi connectivity index (χ3v) is 1.54. The van der Waals surface area contributed by atoms with E-state index in [4.69, 9.17) is 10.00 Å². The average molecular weight is 176 g/mol. The molecule has 0 aliphatic carbocycles. The molecular formula is C10H12N2O. The molecule has 1 aromatic rings. The van der Waals surface area contributed by atoms with Crippen molar-refractivity contribution in [2.24, 2.45) is 0 Å². The number of anilines is 1. The largest absolute Gasteiger partial charge is 0.494 e. The molecule has 13 heavy (non-hydrogen) atoms. The van der Waals surface area contributed by atoms with Crippen molar-refractivity contribution >= 4 is 5.69 Å². The summed E-state index contributed by atoms with van der Waals surface area (Å²) in [5, 5.41) is 11.3. The summed E-state index contributed by atoms with van der Waals surface area (Å²) >= 11 is 0. The Morgan fingerprint density at radius 1 is 1.38 bits per heavy atom. The Labute approximate surface area is 77.9 Å². The van der Waals surface area contributed by atoms with E-state index in [-0.39, 0.29) is 0 Å². The Morgan fingerprint density at radius 2 is 2.08 bits per heavy atom. The van der Waals surface area contributed by atoms with Gasteiger partial charge in [0, 0.05) is 5.69 Å². The molecule has 0 aliphatic rings. The minimum Gasteiger partial charge on any atom is -0.494 e. The Bertz CT molecular complexity index is 287. The van der Waals surface area contributed by atoms with E-state index in [9.17, 15) is 0 Å².